The molecule has 2 aromatic carbocycles. The van der Waals surface area contributed by atoms with E-state index in [2.05, 4.69) is 15.3 Å². The van der Waals surface area contributed by atoms with Crippen LogP contribution in [0, 0.1) is 5.82 Å². The summed E-state index contributed by atoms with van der Waals surface area (Å²) in [5.41, 5.74) is 1.14. The predicted molar refractivity (Wildman–Crippen MR) is 116 cm³/mol. The molecule has 3 aromatic rings. The lowest BCUT2D eigenvalue weighted by Crippen LogP contribution is -2.08. The average Bonchev–Trinajstić information content (AvgIpc) is 3.04. The Bertz CT molecular complexity index is 1350. The highest BCUT2D eigenvalue weighted by atomic mass is 35.5. The Morgan fingerprint density at radius 1 is 1.25 bits per heavy atom. The molecule has 11 heteroatoms. The third-order valence-corrected chi connectivity index (χ3v) is 7.01. The third-order valence-electron chi connectivity index (χ3n) is 4.92. The fourth-order valence-electron chi connectivity index (χ4n) is 3.41. The number of nitrogens with one attached hydrogen (secondary N) is 1. The molecule has 2 heterocycles. The van der Waals surface area contributed by atoms with Gasteiger partial charge in [0.2, 0.25) is 0 Å². The minimum Gasteiger partial charge on any atom is -0.495 e. The second kappa shape index (κ2) is 8.36. The maximum atomic E-state index is 14.3. The first-order chi connectivity index (χ1) is 15.2. The van der Waals surface area contributed by atoms with Crippen LogP contribution in [-0.4, -0.2) is 42.3 Å². The van der Waals surface area contributed by atoms with Crippen molar-refractivity contribution >= 4 is 38.9 Å². The molecule has 0 bridgehead atoms. The van der Waals surface area contributed by atoms with E-state index in [9.17, 15) is 17.6 Å². The van der Waals surface area contributed by atoms with Crippen LogP contribution in [0.1, 0.15) is 11.3 Å². The third kappa shape index (κ3) is 4.23. The monoisotopic (exact) mass is 477 g/mol. The maximum absolute atomic E-state index is 14.3. The van der Waals surface area contributed by atoms with Gasteiger partial charge in [-0.15, -0.1) is 0 Å². The molecule has 166 valence electrons. The number of carboxylic acids is 1. The molecule has 0 spiro atoms. The van der Waals surface area contributed by atoms with Gasteiger partial charge in [-0.25, -0.2) is 22.8 Å². The SMILES string of the molecule is COc1ccc(-c2nc3c(c(Nc4ccc(CC(=O)O)c(F)c4)n2)S(=O)(=O)CC3)cc1Cl. The molecule has 0 atom stereocenters. The van der Waals surface area contributed by atoms with Crippen molar-refractivity contribution in [1.29, 1.82) is 0 Å². The van der Waals surface area contributed by atoms with Crippen molar-refractivity contribution in [3.05, 3.63) is 58.5 Å². The number of aliphatic carboxylic acids is 1. The molecule has 1 aliphatic heterocycles. The first-order valence-corrected chi connectivity index (χ1v) is 11.5. The van der Waals surface area contributed by atoms with Crippen LogP contribution >= 0.6 is 11.6 Å². The molecule has 4 rings (SSSR count). The molecule has 0 fully saturated rings. The zero-order valence-corrected chi connectivity index (χ0v) is 18.3. The van der Waals surface area contributed by atoms with Crippen molar-refractivity contribution in [2.75, 3.05) is 18.2 Å². The van der Waals surface area contributed by atoms with E-state index in [-0.39, 0.29) is 40.0 Å². The van der Waals surface area contributed by atoms with E-state index >= 15 is 0 Å². The van der Waals surface area contributed by atoms with Crippen LogP contribution < -0.4 is 10.1 Å². The zero-order chi connectivity index (χ0) is 23.0. The van der Waals surface area contributed by atoms with E-state index in [1.807, 2.05) is 0 Å². The Labute approximate surface area is 188 Å². The van der Waals surface area contributed by atoms with E-state index in [1.54, 1.807) is 18.2 Å². The normalized spacial score (nSPS) is 14.1. The number of sulfone groups is 1. The summed E-state index contributed by atoms with van der Waals surface area (Å²) in [7, 11) is -2.13. The van der Waals surface area contributed by atoms with E-state index in [1.165, 1.54) is 19.2 Å². The molecule has 0 saturated carbocycles. The molecule has 0 saturated heterocycles. The number of benzene rings is 2. The van der Waals surface area contributed by atoms with Gasteiger partial charge in [0, 0.05) is 17.7 Å². The van der Waals surface area contributed by atoms with Crippen LogP contribution in [0.5, 0.6) is 5.75 Å². The number of hydrogen-bond donors (Lipinski definition) is 2. The smallest absolute Gasteiger partial charge is 0.307 e. The lowest BCUT2D eigenvalue weighted by molar-refractivity contribution is -0.136. The highest BCUT2D eigenvalue weighted by Gasteiger charge is 2.33. The standard InChI is InChI=1S/C21H17ClFN3O5S/c1-31-17-5-3-12(8-14(17)22)20-25-16-6-7-32(29,30)19(16)21(26-20)24-13-4-2-11(9-18(27)28)15(23)10-13/h2-5,8,10H,6-7,9H2,1H3,(H,27,28)(H,24,25,26). The van der Waals surface area contributed by atoms with Gasteiger partial charge in [-0.2, -0.15) is 0 Å². The van der Waals surface area contributed by atoms with Gasteiger partial charge < -0.3 is 15.2 Å². The van der Waals surface area contributed by atoms with Crippen molar-refractivity contribution in [3.63, 3.8) is 0 Å². The van der Waals surface area contributed by atoms with Crippen LogP contribution in [0.15, 0.2) is 41.3 Å². The molecule has 0 amide bonds. The summed E-state index contributed by atoms with van der Waals surface area (Å²) in [5, 5.41) is 12.1. The Balaban J connectivity index is 1.78. The maximum Gasteiger partial charge on any atom is 0.307 e. The summed E-state index contributed by atoms with van der Waals surface area (Å²) < 4.78 is 44.7. The summed E-state index contributed by atoms with van der Waals surface area (Å²) in [6.45, 7) is 0. The number of nitrogens with zero attached hydrogens (tertiary/aromatic N) is 2. The van der Waals surface area contributed by atoms with Crippen molar-refractivity contribution in [1.82, 2.24) is 9.97 Å². The van der Waals surface area contributed by atoms with Crippen molar-refractivity contribution < 1.29 is 27.4 Å². The van der Waals surface area contributed by atoms with Crippen LogP contribution in [0.25, 0.3) is 11.4 Å². The number of methoxy groups -OCH3 is 1. The molecule has 2 N–H and O–H groups in total. The number of rotatable bonds is 6. The minimum absolute atomic E-state index is 0.0113. The van der Waals surface area contributed by atoms with Crippen molar-refractivity contribution in [3.8, 4) is 17.1 Å². The second-order valence-electron chi connectivity index (χ2n) is 7.09. The van der Waals surface area contributed by atoms with Crippen LogP contribution in [0.2, 0.25) is 5.02 Å². The fraction of sp³-hybridized carbons (Fsp3) is 0.190. The first-order valence-electron chi connectivity index (χ1n) is 9.43. The topological polar surface area (TPSA) is 118 Å². The van der Waals surface area contributed by atoms with E-state index in [4.69, 9.17) is 21.4 Å². The van der Waals surface area contributed by atoms with Crippen molar-refractivity contribution in [2.24, 2.45) is 0 Å². The average molecular weight is 478 g/mol. The van der Waals surface area contributed by atoms with Gasteiger partial charge in [-0.1, -0.05) is 17.7 Å². The Morgan fingerprint density at radius 3 is 2.69 bits per heavy atom. The number of fused-ring (bicyclic) bond motifs is 1. The van der Waals surface area contributed by atoms with Gasteiger partial charge in [-0.05, 0) is 35.9 Å². The van der Waals surface area contributed by atoms with Gasteiger partial charge in [0.1, 0.15) is 16.5 Å². The van der Waals surface area contributed by atoms with Crippen molar-refractivity contribution in [2.45, 2.75) is 17.7 Å². The summed E-state index contributed by atoms with van der Waals surface area (Å²) in [5.74, 6) is -1.27. The van der Waals surface area contributed by atoms with E-state index < -0.39 is 28.0 Å². The minimum atomic E-state index is -3.61. The van der Waals surface area contributed by atoms with E-state index in [0.717, 1.165) is 6.07 Å². The largest absolute Gasteiger partial charge is 0.495 e. The molecular formula is C21H17ClFN3O5S. The van der Waals surface area contributed by atoms with Gasteiger partial charge in [0.05, 0.1) is 30.0 Å². The molecule has 0 unspecified atom stereocenters. The zero-order valence-electron chi connectivity index (χ0n) is 16.7. The highest BCUT2D eigenvalue weighted by Crippen LogP contribution is 2.36. The van der Waals surface area contributed by atoms with Gasteiger partial charge in [-0.3, -0.25) is 4.79 Å². The quantitative estimate of drug-likeness (QED) is 0.552. The molecule has 32 heavy (non-hydrogen) atoms. The molecular weight excluding hydrogens is 461 g/mol. The Hall–Kier alpha value is -3.24. The molecule has 1 aliphatic rings. The first kappa shape index (κ1) is 22.0. The molecule has 8 nitrogen and oxygen atoms in total. The number of aromatic nitrogens is 2. The number of hydrogen-bond acceptors (Lipinski definition) is 7. The molecule has 1 aromatic heterocycles. The number of halogens is 2. The Kier molecular flexibility index (Phi) is 5.74. The van der Waals surface area contributed by atoms with Crippen LogP contribution in [0.3, 0.4) is 0 Å². The summed E-state index contributed by atoms with van der Waals surface area (Å²) in [4.78, 5) is 19.6. The molecule has 0 aliphatic carbocycles. The number of carbonyl (C=O) groups is 1. The number of ether oxygens (including phenoxy) is 1. The summed E-state index contributed by atoms with van der Waals surface area (Å²) >= 11 is 6.20. The van der Waals surface area contributed by atoms with Gasteiger partial charge in [0.15, 0.2) is 21.5 Å². The van der Waals surface area contributed by atoms with Crippen LogP contribution in [-0.2, 0) is 27.5 Å². The highest BCUT2D eigenvalue weighted by molar-refractivity contribution is 7.91. The molecule has 0 radical (unpaired) electrons. The van der Waals surface area contributed by atoms with E-state index in [0.29, 0.717) is 22.0 Å². The van der Waals surface area contributed by atoms with Gasteiger partial charge in [0.25, 0.3) is 0 Å². The van der Waals surface area contributed by atoms with Crippen LogP contribution in [0.4, 0.5) is 15.9 Å². The number of carboxylic acid groups (broad SMARTS) is 1. The lowest BCUT2D eigenvalue weighted by atomic mass is 10.1. The second-order valence-corrected chi connectivity index (χ2v) is 9.54. The predicted octanol–water partition coefficient (Wildman–Crippen LogP) is 3.65. The fourth-order valence-corrected chi connectivity index (χ4v) is 5.24. The summed E-state index contributed by atoms with van der Waals surface area (Å²) in [6.07, 6.45) is -0.247. The number of aryl methyl sites for hydroxylation is 1. The van der Waals surface area contributed by atoms with Gasteiger partial charge >= 0.3 is 5.97 Å². The Morgan fingerprint density at radius 2 is 2.03 bits per heavy atom. The lowest BCUT2D eigenvalue weighted by Gasteiger charge is -2.13. The summed E-state index contributed by atoms with van der Waals surface area (Å²) in [6, 6.07) is 8.83. The number of anilines is 2.